The summed E-state index contributed by atoms with van der Waals surface area (Å²) < 4.78 is 0. The minimum absolute atomic E-state index is 0.0530. The van der Waals surface area contributed by atoms with Crippen LogP contribution < -0.4 is 10.6 Å². The van der Waals surface area contributed by atoms with Crippen molar-refractivity contribution >= 4 is 28.7 Å². The van der Waals surface area contributed by atoms with Crippen LogP contribution in [-0.2, 0) is 16.0 Å². The Hall–Kier alpha value is -1.43. The van der Waals surface area contributed by atoms with Crippen molar-refractivity contribution in [1.29, 1.82) is 0 Å². The van der Waals surface area contributed by atoms with Crippen molar-refractivity contribution in [3.63, 3.8) is 0 Å². The average Bonchev–Trinajstić information content (AvgIpc) is 2.62. The number of amides is 1. The number of carbonyl (C=O) groups is 2. The minimum Gasteiger partial charge on any atom is -0.352 e. The van der Waals surface area contributed by atoms with Gasteiger partial charge in [0.2, 0.25) is 5.91 Å². The normalized spacial score (nSPS) is 12.9. The molecule has 1 unspecified atom stereocenters. The van der Waals surface area contributed by atoms with Gasteiger partial charge in [-0.05, 0) is 27.7 Å². The molecule has 18 heavy (non-hydrogen) atoms. The van der Waals surface area contributed by atoms with E-state index in [1.54, 1.807) is 6.92 Å². The average molecular weight is 269 g/mol. The maximum atomic E-state index is 11.7. The smallest absolute Gasteiger partial charge is 0.226 e. The molecule has 0 aliphatic rings. The Morgan fingerprint density at radius 3 is 2.78 bits per heavy atom. The van der Waals surface area contributed by atoms with E-state index in [1.165, 1.54) is 11.3 Å². The van der Waals surface area contributed by atoms with Crippen LogP contribution in [0.25, 0.3) is 0 Å². The highest BCUT2D eigenvalue weighted by Gasteiger charge is 2.15. The van der Waals surface area contributed by atoms with Gasteiger partial charge in [0.1, 0.15) is 6.29 Å². The van der Waals surface area contributed by atoms with Crippen LogP contribution in [0.2, 0.25) is 0 Å². The van der Waals surface area contributed by atoms with Crippen LogP contribution in [0.1, 0.15) is 33.4 Å². The molecule has 0 aliphatic carbocycles. The fourth-order valence-electron chi connectivity index (χ4n) is 1.31. The largest absolute Gasteiger partial charge is 0.352 e. The van der Waals surface area contributed by atoms with Gasteiger partial charge in [-0.2, -0.15) is 0 Å². The predicted molar refractivity (Wildman–Crippen MR) is 72.9 cm³/mol. The zero-order valence-corrected chi connectivity index (χ0v) is 11.9. The van der Waals surface area contributed by atoms with Gasteiger partial charge in [0.15, 0.2) is 5.13 Å². The summed E-state index contributed by atoms with van der Waals surface area (Å²) in [5.41, 5.74) is 0.475. The predicted octanol–water partition coefficient (Wildman–Crippen LogP) is 1.60. The third-order valence-electron chi connectivity index (χ3n) is 1.96. The SMILES string of the molecule is CC(C=O)Nc1nc(CC(=O)NC(C)(C)C)cs1. The molecule has 2 N–H and O–H groups in total. The highest BCUT2D eigenvalue weighted by atomic mass is 32.1. The van der Waals surface area contributed by atoms with Crippen molar-refractivity contribution in [2.75, 3.05) is 5.32 Å². The van der Waals surface area contributed by atoms with E-state index in [0.717, 1.165) is 6.29 Å². The monoisotopic (exact) mass is 269 g/mol. The first-order valence-electron chi connectivity index (χ1n) is 5.77. The van der Waals surface area contributed by atoms with Crippen LogP contribution in [0, 0.1) is 0 Å². The second-order valence-corrected chi connectivity index (χ2v) is 6.05. The molecule has 0 saturated heterocycles. The van der Waals surface area contributed by atoms with E-state index in [1.807, 2.05) is 26.2 Å². The van der Waals surface area contributed by atoms with Crippen LogP contribution in [0.4, 0.5) is 5.13 Å². The van der Waals surface area contributed by atoms with Gasteiger partial charge in [-0.1, -0.05) is 0 Å². The van der Waals surface area contributed by atoms with Gasteiger partial charge in [0, 0.05) is 10.9 Å². The molecule has 5 nitrogen and oxygen atoms in total. The molecule has 0 fully saturated rings. The standard InChI is InChI=1S/C12H19N3O2S/c1-8(6-16)13-11-14-9(7-18-11)5-10(17)15-12(2,3)4/h6-8H,5H2,1-4H3,(H,13,14)(H,15,17). The van der Waals surface area contributed by atoms with Crippen molar-refractivity contribution in [2.45, 2.75) is 45.7 Å². The maximum absolute atomic E-state index is 11.7. The summed E-state index contributed by atoms with van der Waals surface area (Å²) in [4.78, 5) is 26.4. The van der Waals surface area contributed by atoms with Crippen LogP contribution in [0.15, 0.2) is 5.38 Å². The number of hydrogen-bond acceptors (Lipinski definition) is 5. The zero-order chi connectivity index (χ0) is 13.8. The number of aldehydes is 1. The number of carbonyl (C=O) groups excluding carboxylic acids is 2. The third-order valence-corrected chi connectivity index (χ3v) is 2.79. The van der Waals surface area contributed by atoms with Crippen LogP contribution >= 0.6 is 11.3 Å². The Balaban J connectivity index is 2.53. The quantitative estimate of drug-likeness (QED) is 0.797. The highest BCUT2D eigenvalue weighted by Crippen LogP contribution is 2.16. The van der Waals surface area contributed by atoms with Gasteiger partial charge in [-0.25, -0.2) is 4.98 Å². The summed E-state index contributed by atoms with van der Waals surface area (Å²) in [5.74, 6) is -0.0530. The Morgan fingerprint density at radius 2 is 2.22 bits per heavy atom. The maximum Gasteiger partial charge on any atom is 0.226 e. The second-order valence-electron chi connectivity index (χ2n) is 5.19. The van der Waals surface area contributed by atoms with Gasteiger partial charge in [-0.15, -0.1) is 11.3 Å². The summed E-state index contributed by atoms with van der Waals surface area (Å²) in [6.07, 6.45) is 1.07. The third kappa shape index (κ3) is 5.27. The van der Waals surface area contributed by atoms with Gasteiger partial charge < -0.3 is 15.4 Å². The molecule has 100 valence electrons. The van der Waals surface area contributed by atoms with E-state index in [2.05, 4.69) is 15.6 Å². The highest BCUT2D eigenvalue weighted by molar-refractivity contribution is 7.13. The lowest BCUT2D eigenvalue weighted by molar-refractivity contribution is -0.121. The Morgan fingerprint density at radius 1 is 1.56 bits per heavy atom. The van der Waals surface area contributed by atoms with Crippen LogP contribution in [0.3, 0.4) is 0 Å². The molecule has 0 saturated carbocycles. The molecule has 1 heterocycles. The van der Waals surface area contributed by atoms with E-state index < -0.39 is 0 Å². The first-order valence-corrected chi connectivity index (χ1v) is 6.65. The Kier molecular flexibility index (Phi) is 4.84. The summed E-state index contributed by atoms with van der Waals surface area (Å²) in [5, 5.41) is 8.30. The molecule has 0 radical (unpaired) electrons. The summed E-state index contributed by atoms with van der Waals surface area (Å²) in [6.45, 7) is 7.56. The van der Waals surface area contributed by atoms with Crippen molar-refractivity contribution in [1.82, 2.24) is 10.3 Å². The number of nitrogens with zero attached hydrogens (tertiary/aromatic N) is 1. The molecule has 0 spiro atoms. The number of rotatable bonds is 5. The van der Waals surface area contributed by atoms with E-state index in [4.69, 9.17) is 0 Å². The number of hydrogen-bond donors (Lipinski definition) is 2. The van der Waals surface area contributed by atoms with Crippen LogP contribution in [-0.4, -0.2) is 28.8 Å². The topological polar surface area (TPSA) is 71.1 Å². The van der Waals surface area contributed by atoms with Crippen molar-refractivity contribution in [2.24, 2.45) is 0 Å². The molecular formula is C12H19N3O2S. The molecule has 6 heteroatoms. The number of nitrogens with one attached hydrogen (secondary N) is 2. The van der Waals surface area contributed by atoms with Crippen molar-refractivity contribution < 1.29 is 9.59 Å². The van der Waals surface area contributed by atoms with Gasteiger partial charge >= 0.3 is 0 Å². The molecule has 1 amide bonds. The van der Waals surface area contributed by atoms with E-state index in [-0.39, 0.29) is 23.9 Å². The van der Waals surface area contributed by atoms with E-state index >= 15 is 0 Å². The Labute approximate surface area is 111 Å². The van der Waals surface area contributed by atoms with Crippen LogP contribution in [0.5, 0.6) is 0 Å². The van der Waals surface area contributed by atoms with Gasteiger partial charge in [0.25, 0.3) is 0 Å². The zero-order valence-electron chi connectivity index (χ0n) is 11.1. The van der Waals surface area contributed by atoms with Crippen molar-refractivity contribution in [3.05, 3.63) is 11.1 Å². The first-order chi connectivity index (χ1) is 8.30. The summed E-state index contributed by atoms with van der Waals surface area (Å²) in [6, 6.07) is -0.271. The van der Waals surface area contributed by atoms with Gasteiger partial charge in [0.05, 0.1) is 18.2 Å². The molecular weight excluding hydrogens is 250 g/mol. The van der Waals surface area contributed by atoms with Gasteiger partial charge in [-0.3, -0.25) is 4.79 Å². The number of aromatic nitrogens is 1. The minimum atomic E-state index is -0.271. The molecule has 0 aromatic carbocycles. The summed E-state index contributed by atoms with van der Waals surface area (Å²) in [7, 11) is 0. The fourth-order valence-corrected chi connectivity index (χ4v) is 2.12. The Bertz CT molecular complexity index is 423. The molecule has 1 rings (SSSR count). The lowest BCUT2D eigenvalue weighted by Crippen LogP contribution is -2.41. The van der Waals surface area contributed by atoms with Crippen molar-refractivity contribution in [3.8, 4) is 0 Å². The number of anilines is 1. The summed E-state index contributed by atoms with van der Waals surface area (Å²) >= 11 is 1.39. The lowest BCUT2D eigenvalue weighted by atomic mass is 10.1. The second kappa shape index (κ2) is 5.95. The lowest BCUT2D eigenvalue weighted by Gasteiger charge is -2.20. The fraction of sp³-hybridized carbons (Fsp3) is 0.583. The molecule has 0 bridgehead atoms. The molecule has 1 aromatic rings. The molecule has 1 aromatic heterocycles. The number of thiazole rings is 1. The van der Waals surface area contributed by atoms with E-state index in [0.29, 0.717) is 10.8 Å². The molecule has 0 aliphatic heterocycles. The molecule has 1 atom stereocenters. The first kappa shape index (κ1) is 14.6. The van der Waals surface area contributed by atoms with E-state index in [9.17, 15) is 9.59 Å².